The summed E-state index contributed by atoms with van der Waals surface area (Å²) in [5, 5.41) is 0. The number of amides is 1. The zero-order chi connectivity index (χ0) is 11.2. The van der Waals surface area contributed by atoms with Gasteiger partial charge >= 0.3 is 0 Å². The molecule has 0 heterocycles. The number of hydrogen-bond acceptors (Lipinski definition) is 2. The molecule has 0 bridgehead atoms. The van der Waals surface area contributed by atoms with Gasteiger partial charge in [0.05, 0.1) is 0 Å². The van der Waals surface area contributed by atoms with Gasteiger partial charge in [-0.25, -0.2) is 0 Å². The third-order valence-electron chi connectivity index (χ3n) is 4.31. The van der Waals surface area contributed by atoms with Crippen molar-refractivity contribution in [2.24, 2.45) is 11.7 Å². The van der Waals surface area contributed by atoms with Crippen LogP contribution < -0.4 is 5.73 Å². The number of carbonyl (C=O) groups is 1. The molecule has 90 valence electrons. The minimum Gasteiger partial charge on any atom is -0.339 e. The predicted octanol–water partition coefficient (Wildman–Crippen LogP) is 1.66. The zero-order valence-electron chi connectivity index (χ0n) is 9.95. The van der Waals surface area contributed by atoms with E-state index >= 15 is 0 Å². The van der Waals surface area contributed by atoms with Crippen molar-refractivity contribution in [1.29, 1.82) is 0 Å². The van der Waals surface area contributed by atoms with Gasteiger partial charge in [0.2, 0.25) is 5.91 Å². The van der Waals surface area contributed by atoms with Gasteiger partial charge in [0, 0.05) is 24.5 Å². The average molecular weight is 222 g/mol. The van der Waals surface area contributed by atoms with Crippen LogP contribution in [0.4, 0.5) is 0 Å². The van der Waals surface area contributed by atoms with Gasteiger partial charge in [0.1, 0.15) is 0 Å². The normalized spacial score (nSPS) is 27.3. The Bertz CT molecular complexity index is 290. The van der Waals surface area contributed by atoms with E-state index in [0.717, 1.165) is 25.3 Å². The van der Waals surface area contributed by atoms with Gasteiger partial charge in [-0.15, -0.1) is 0 Å². The van der Waals surface area contributed by atoms with Crippen LogP contribution in [0.25, 0.3) is 0 Å². The molecule has 0 aromatic heterocycles. The Kier molecular flexibility index (Phi) is 2.46. The Morgan fingerprint density at radius 2 is 1.94 bits per heavy atom. The highest BCUT2D eigenvalue weighted by Crippen LogP contribution is 2.37. The number of nitrogens with two attached hydrogens (primary N) is 1. The topological polar surface area (TPSA) is 46.3 Å². The van der Waals surface area contributed by atoms with Crippen LogP contribution in [-0.2, 0) is 4.79 Å². The molecule has 0 saturated heterocycles. The van der Waals surface area contributed by atoms with E-state index in [1.807, 2.05) is 0 Å². The second-order valence-electron chi connectivity index (χ2n) is 6.11. The van der Waals surface area contributed by atoms with Crippen LogP contribution in [0.2, 0.25) is 0 Å². The molecular formula is C13H22N2O. The van der Waals surface area contributed by atoms with Crippen molar-refractivity contribution in [3.63, 3.8) is 0 Å². The van der Waals surface area contributed by atoms with Crippen LogP contribution in [0.1, 0.15) is 51.4 Å². The molecule has 3 rings (SSSR count). The van der Waals surface area contributed by atoms with Gasteiger partial charge in [0.15, 0.2) is 0 Å². The third kappa shape index (κ3) is 2.24. The van der Waals surface area contributed by atoms with E-state index in [1.54, 1.807) is 0 Å². The van der Waals surface area contributed by atoms with E-state index in [9.17, 15) is 4.79 Å². The largest absolute Gasteiger partial charge is 0.339 e. The second-order valence-corrected chi connectivity index (χ2v) is 6.11. The minimum absolute atomic E-state index is 0.145. The summed E-state index contributed by atoms with van der Waals surface area (Å²) in [6.07, 6.45) is 8.97. The molecule has 0 radical (unpaired) electrons. The molecule has 3 aliphatic rings. The molecule has 0 aromatic rings. The van der Waals surface area contributed by atoms with Crippen molar-refractivity contribution in [3.8, 4) is 0 Å². The fourth-order valence-corrected chi connectivity index (χ4v) is 2.63. The Hall–Kier alpha value is -0.570. The van der Waals surface area contributed by atoms with Crippen molar-refractivity contribution in [2.75, 3.05) is 6.54 Å². The van der Waals surface area contributed by atoms with Gasteiger partial charge in [-0.3, -0.25) is 4.79 Å². The fourth-order valence-electron chi connectivity index (χ4n) is 2.63. The highest BCUT2D eigenvalue weighted by atomic mass is 16.2. The lowest BCUT2D eigenvalue weighted by Crippen LogP contribution is -2.51. The van der Waals surface area contributed by atoms with Crippen LogP contribution in [-0.4, -0.2) is 28.9 Å². The van der Waals surface area contributed by atoms with Crippen molar-refractivity contribution in [2.45, 2.75) is 62.9 Å². The van der Waals surface area contributed by atoms with Crippen LogP contribution in [0.5, 0.6) is 0 Å². The summed E-state index contributed by atoms with van der Waals surface area (Å²) in [7, 11) is 0. The minimum atomic E-state index is -0.145. The molecule has 3 saturated carbocycles. The van der Waals surface area contributed by atoms with E-state index in [-0.39, 0.29) is 5.54 Å². The maximum atomic E-state index is 12.2. The molecule has 0 atom stereocenters. The SMILES string of the molecule is NC1(CC(=O)N(CC2CC2)C2CC2)CCC1. The van der Waals surface area contributed by atoms with Crippen LogP contribution >= 0.6 is 0 Å². The zero-order valence-corrected chi connectivity index (χ0v) is 9.95. The fraction of sp³-hybridized carbons (Fsp3) is 0.923. The first kappa shape index (κ1) is 10.6. The highest BCUT2D eigenvalue weighted by molar-refractivity contribution is 5.78. The molecule has 0 aromatic carbocycles. The van der Waals surface area contributed by atoms with Crippen molar-refractivity contribution in [3.05, 3.63) is 0 Å². The maximum absolute atomic E-state index is 12.2. The van der Waals surface area contributed by atoms with Crippen LogP contribution in [0, 0.1) is 5.92 Å². The van der Waals surface area contributed by atoms with Gasteiger partial charge in [-0.2, -0.15) is 0 Å². The maximum Gasteiger partial charge on any atom is 0.224 e. The molecule has 3 aliphatic carbocycles. The summed E-state index contributed by atoms with van der Waals surface area (Å²) < 4.78 is 0. The summed E-state index contributed by atoms with van der Waals surface area (Å²) in [5.74, 6) is 1.14. The monoisotopic (exact) mass is 222 g/mol. The molecule has 0 unspecified atom stereocenters. The van der Waals surface area contributed by atoms with E-state index in [2.05, 4.69) is 4.90 Å². The first-order chi connectivity index (χ1) is 7.66. The second kappa shape index (κ2) is 3.73. The van der Waals surface area contributed by atoms with Crippen LogP contribution in [0.15, 0.2) is 0 Å². The molecule has 3 heteroatoms. The molecule has 2 N–H and O–H groups in total. The van der Waals surface area contributed by atoms with Gasteiger partial charge in [-0.1, -0.05) is 0 Å². The number of rotatable bonds is 5. The van der Waals surface area contributed by atoms with Crippen molar-refractivity contribution >= 4 is 5.91 Å². The highest BCUT2D eigenvalue weighted by Gasteiger charge is 2.41. The molecule has 0 aliphatic heterocycles. The quantitative estimate of drug-likeness (QED) is 0.769. The van der Waals surface area contributed by atoms with Gasteiger partial charge in [-0.05, 0) is 50.9 Å². The van der Waals surface area contributed by atoms with E-state index in [1.165, 1.54) is 32.1 Å². The first-order valence-electron chi connectivity index (χ1n) is 6.75. The van der Waals surface area contributed by atoms with Crippen molar-refractivity contribution in [1.82, 2.24) is 4.90 Å². The Labute approximate surface area is 97.4 Å². The third-order valence-corrected chi connectivity index (χ3v) is 4.31. The lowest BCUT2D eigenvalue weighted by molar-refractivity contribution is -0.134. The predicted molar refractivity (Wildman–Crippen MR) is 62.8 cm³/mol. The number of nitrogens with zero attached hydrogens (tertiary/aromatic N) is 1. The van der Waals surface area contributed by atoms with Crippen molar-refractivity contribution < 1.29 is 4.79 Å². The average Bonchev–Trinajstić information content (AvgIpc) is 3.03. The Morgan fingerprint density at radius 1 is 1.25 bits per heavy atom. The van der Waals surface area contributed by atoms with E-state index in [4.69, 9.17) is 5.73 Å². The Balaban J connectivity index is 1.56. The van der Waals surface area contributed by atoms with E-state index in [0.29, 0.717) is 18.4 Å². The first-order valence-corrected chi connectivity index (χ1v) is 6.75. The summed E-state index contributed by atoms with van der Waals surface area (Å²) >= 11 is 0. The Morgan fingerprint density at radius 3 is 2.38 bits per heavy atom. The summed E-state index contributed by atoms with van der Waals surface area (Å²) in [5.41, 5.74) is 6.02. The molecule has 3 fully saturated rings. The summed E-state index contributed by atoms with van der Waals surface area (Å²) in [4.78, 5) is 14.4. The van der Waals surface area contributed by atoms with E-state index < -0.39 is 0 Å². The molecule has 3 nitrogen and oxygen atoms in total. The molecular weight excluding hydrogens is 200 g/mol. The summed E-state index contributed by atoms with van der Waals surface area (Å²) in [6.45, 7) is 1.01. The molecule has 1 amide bonds. The lowest BCUT2D eigenvalue weighted by atomic mass is 9.75. The number of carbonyl (C=O) groups excluding carboxylic acids is 1. The van der Waals surface area contributed by atoms with Crippen LogP contribution in [0.3, 0.4) is 0 Å². The molecule has 16 heavy (non-hydrogen) atoms. The van der Waals surface area contributed by atoms with Gasteiger partial charge in [0.25, 0.3) is 0 Å². The number of hydrogen-bond donors (Lipinski definition) is 1. The standard InChI is InChI=1S/C13H22N2O/c14-13(6-1-7-13)8-12(16)15(11-4-5-11)9-10-2-3-10/h10-11H,1-9,14H2. The molecule has 0 spiro atoms. The smallest absolute Gasteiger partial charge is 0.224 e. The van der Waals surface area contributed by atoms with Gasteiger partial charge < -0.3 is 10.6 Å². The lowest BCUT2D eigenvalue weighted by Gasteiger charge is -2.39. The summed E-state index contributed by atoms with van der Waals surface area (Å²) in [6, 6.07) is 0.566.